The molecule has 0 aliphatic rings. The van der Waals surface area contributed by atoms with E-state index in [4.69, 9.17) is 0 Å². The van der Waals surface area contributed by atoms with Crippen LogP contribution in [-0.2, 0) is 11.2 Å². The molecule has 0 aliphatic carbocycles. The highest BCUT2D eigenvalue weighted by atomic mass is 16.1. The summed E-state index contributed by atoms with van der Waals surface area (Å²) in [4.78, 5) is 26.9. The summed E-state index contributed by atoms with van der Waals surface area (Å²) in [7, 11) is 3.92. The number of para-hydroxylation sites is 1. The number of fused-ring (bicyclic) bond motifs is 1. The van der Waals surface area contributed by atoms with Crippen LogP contribution in [0.25, 0.3) is 10.9 Å². The van der Waals surface area contributed by atoms with E-state index < -0.39 is 0 Å². The van der Waals surface area contributed by atoms with E-state index in [1.807, 2.05) is 50.3 Å². The zero-order valence-corrected chi connectivity index (χ0v) is 17.1. The molecule has 0 bridgehead atoms. The SMILES string of the molecule is CCCCC(=O)N[C@@H](Cc1c[nH]c2ccccc12)c1cc(N(C)C)nc(C)n1. The van der Waals surface area contributed by atoms with Gasteiger partial charge in [-0.2, -0.15) is 0 Å². The fourth-order valence-electron chi connectivity index (χ4n) is 3.34. The number of nitrogens with one attached hydrogen (secondary N) is 2. The molecule has 1 aromatic carbocycles. The topological polar surface area (TPSA) is 73.9 Å². The molecule has 3 rings (SSSR count). The van der Waals surface area contributed by atoms with Crippen molar-refractivity contribution in [2.75, 3.05) is 19.0 Å². The van der Waals surface area contributed by atoms with Crippen LogP contribution >= 0.6 is 0 Å². The van der Waals surface area contributed by atoms with Crippen LogP contribution in [0.3, 0.4) is 0 Å². The van der Waals surface area contributed by atoms with Gasteiger partial charge in [-0.1, -0.05) is 31.5 Å². The average molecular weight is 380 g/mol. The van der Waals surface area contributed by atoms with Crippen LogP contribution in [0.1, 0.15) is 49.3 Å². The third-order valence-electron chi connectivity index (χ3n) is 4.85. The van der Waals surface area contributed by atoms with Gasteiger partial charge < -0.3 is 15.2 Å². The molecular formula is C22H29N5O. The number of aromatic amines is 1. The van der Waals surface area contributed by atoms with Crippen molar-refractivity contribution in [2.45, 2.75) is 45.6 Å². The number of nitrogens with zero attached hydrogens (tertiary/aromatic N) is 3. The number of unbranched alkanes of at least 4 members (excludes halogenated alkanes) is 1. The summed E-state index contributed by atoms with van der Waals surface area (Å²) in [5.41, 5.74) is 3.10. The standard InChI is InChI=1S/C22H29N5O/c1-5-6-11-22(28)26-19(20-13-21(27(3)4)25-15(2)24-20)12-16-14-23-18-10-8-7-9-17(16)18/h7-10,13-14,19,23H,5-6,11-12H2,1-4H3,(H,26,28)/t19-/m0/s1. The van der Waals surface area contributed by atoms with Gasteiger partial charge in [-0.25, -0.2) is 9.97 Å². The zero-order valence-electron chi connectivity index (χ0n) is 17.1. The highest BCUT2D eigenvalue weighted by Crippen LogP contribution is 2.25. The van der Waals surface area contributed by atoms with Crippen molar-refractivity contribution in [3.63, 3.8) is 0 Å². The Labute approximate surface area is 166 Å². The Morgan fingerprint density at radius 2 is 2.04 bits per heavy atom. The van der Waals surface area contributed by atoms with Gasteiger partial charge in [0.05, 0.1) is 11.7 Å². The molecule has 0 unspecified atom stereocenters. The summed E-state index contributed by atoms with van der Waals surface area (Å²) in [5.74, 6) is 1.61. The molecule has 1 atom stereocenters. The van der Waals surface area contributed by atoms with E-state index in [1.165, 1.54) is 10.9 Å². The Balaban J connectivity index is 1.94. The summed E-state index contributed by atoms with van der Waals surface area (Å²) >= 11 is 0. The molecule has 2 aromatic heterocycles. The fourth-order valence-corrected chi connectivity index (χ4v) is 3.34. The minimum Gasteiger partial charge on any atom is -0.363 e. The molecule has 148 valence electrons. The Kier molecular flexibility index (Phi) is 6.29. The number of amides is 1. The van der Waals surface area contributed by atoms with E-state index in [0.717, 1.165) is 29.9 Å². The summed E-state index contributed by atoms with van der Waals surface area (Å²) in [6, 6.07) is 9.98. The van der Waals surface area contributed by atoms with Gasteiger partial charge in [-0.15, -0.1) is 0 Å². The number of carbonyl (C=O) groups is 1. The Bertz CT molecular complexity index is 947. The fraction of sp³-hybridized carbons (Fsp3) is 0.409. The number of H-pyrrole nitrogens is 1. The highest BCUT2D eigenvalue weighted by molar-refractivity contribution is 5.83. The van der Waals surface area contributed by atoms with E-state index in [2.05, 4.69) is 39.3 Å². The van der Waals surface area contributed by atoms with E-state index in [1.54, 1.807) is 0 Å². The van der Waals surface area contributed by atoms with Gasteiger partial charge >= 0.3 is 0 Å². The van der Waals surface area contributed by atoms with Crippen molar-refractivity contribution < 1.29 is 4.79 Å². The number of aromatic nitrogens is 3. The Hall–Kier alpha value is -2.89. The number of hydrogen-bond donors (Lipinski definition) is 2. The summed E-state index contributed by atoms with van der Waals surface area (Å²) in [6.07, 6.45) is 5.11. The second kappa shape index (κ2) is 8.87. The Morgan fingerprint density at radius 3 is 2.79 bits per heavy atom. The Morgan fingerprint density at radius 1 is 1.25 bits per heavy atom. The van der Waals surface area contributed by atoms with Gasteiger partial charge in [-0.05, 0) is 25.0 Å². The van der Waals surface area contributed by atoms with E-state index in [0.29, 0.717) is 18.7 Å². The largest absolute Gasteiger partial charge is 0.363 e. The predicted molar refractivity (Wildman–Crippen MR) is 114 cm³/mol. The van der Waals surface area contributed by atoms with Crippen LogP contribution in [0.2, 0.25) is 0 Å². The third kappa shape index (κ3) is 4.68. The van der Waals surface area contributed by atoms with Crippen molar-refractivity contribution in [3.8, 4) is 0 Å². The molecule has 2 N–H and O–H groups in total. The summed E-state index contributed by atoms with van der Waals surface area (Å²) in [5, 5.41) is 4.38. The molecule has 0 aliphatic heterocycles. The minimum atomic E-state index is -0.205. The van der Waals surface area contributed by atoms with Gasteiger partial charge in [0.2, 0.25) is 5.91 Å². The smallest absolute Gasteiger partial charge is 0.220 e. The lowest BCUT2D eigenvalue weighted by Crippen LogP contribution is -2.31. The van der Waals surface area contributed by atoms with Gasteiger partial charge in [-0.3, -0.25) is 4.79 Å². The molecule has 0 saturated heterocycles. The molecule has 0 spiro atoms. The molecule has 0 saturated carbocycles. The summed E-state index contributed by atoms with van der Waals surface area (Å²) in [6.45, 7) is 3.98. The molecule has 28 heavy (non-hydrogen) atoms. The molecule has 2 heterocycles. The van der Waals surface area contributed by atoms with Crippen molar-refractivity contribution in [3.05, 3.63) is 53.6 Å². The van der Waals surface area contributed by atoms with E-state index in [-0.39, 0.29) is 11.9 Å². The van der Waals surface area contributed by atoms with Gasteiger partial charge in [0, 0.05) is 50.1 Å². The lowest BCUT2D eigenvalue weighted by atomic mass is 10.0. The predicted octanol–water partition coefficient (Wildman–Crippen LogP) is 3.92. The third-order valence-corrected chi connectivity index (χ3v) is 4.85. The number of benzene rings is 1. The van der Waals surface area contributed by atoms with Crippen molar-refractivity contribution >= 4 is 22.6 Å². The first kappa shape index (κ1) is 19.9. The quantitative estimate of drug-likeness (QED) is 0.622. The maximum atomic E-state index is 12.5. The molecule has 0 fully saturated rings. The van der Waals surface area contributed by atoms with Crippen LogP contribution in [-0.4, -0.2) is 35.0 Å². The van der Waals surface area contributed by atoms with E-state index in [9.17, 15) is 4.79 Å². The van der Waals surface area contributed by atoms with Crippen LogP contribution in [0.15, 0.2) is 36.5 Å². The van der Waals surface area contributed by atoms with Crippen LogP contribution in [0.5, 0.6) is 0 Å². The molecule has 6 heteroatoms. The van der Waals surface area contributed by atoms with Gasteiger partial charge in [0.15, 0.2) is 0 Å². The maximum Gasteiger partial charge on any atom is 0.220 e. The molecule has 3 aromatic rings. The number of rotatable bonds is 8. The summed E-state index contributed by atoms with van der Waals surface area (Å²) < 4.78 is 0. The van der Waals surface area contributed by atoms with Crippen molar-refractivity contribution in [2.24, 2.45) is 0 Å². The van der Waals surface area contributed by atoms with Crippen LogP contribution in [0.4, 0.5) is 5.82 Å². The number of aryl methyl sites for hydroxylation is 1. The molecule has 1 amide bonds. The second-order valence-electron chi connectivity index (χ2n) is 7.38. The monoisotopic (exact) mass is 379 g/mol. The van der Waals surface area contributed by atoms with Gasteiger partial charge in [0.25, 0.3) is 0 Å². The second-order valence-corrected chi connectivity index (χ2v) is 7.38. The number of hydrogen-bond acceptors (Lipinski definition) is 4. The lowest BCUT2D eigenvalue weighted by Gasteiger charge is -2.21. The first-order valence-corrected chi connectivity index (χ1v) is 9.85. The van der Waals surface area contributed by atoms with E-state index >= 15 is 0 Å². The molecule has 0 radical (unpaired) electrons. The minimum absolute atomic E-state index is 0.0642. The van der Waals surface area contributed by atoms with Crippen molar-refractivity contribution in [1.82, 2.24) is 20.3 Å². The zero-order chi connectivity index (χ0) is 20.1. The highest BCUT2D eigenvalue weighted by Gasteiger charge is 2.20. The first-order chi connectivity index (χ1) is 13.5. The normalized spacial score (nSPS) is 12.1. The molecule has 6 nitrogen and oxygen atoms in total. The van der Waals surface area contributed by atoms with Crippen LogP contribution < -0.4 is 10.2 Å². The number of carbonyl (C=O) groups excluding carboxylic acids is 1. The maximum absolute atomic E-state index is 12.5. The molecular weight excluding hydrogens is 350 g/mol. The number of anilines is 1. The first-order valence-electron chi connectivity index (χ1n) is 9.85. The average Bonchev–Trinajstić information content (AvgIpc) is 3.08. The van der Waals surface area contributed by atoms with Crippen molar-refractivity contribution in [1.29, 1.82) is 0 Å². The van der Waals surface area contributed by atoms with Crippen LogP contribution in [0, 0.1) is 6.92 Å². The lowest BCUT2D eigenvalue weighted by molar-refractivity contribution is -0.122. The van der Waals surface area contributed by atoms with Gasteiger partial charge in [0.1, 0.15) is 11.6 Å².